The molecule has 0 N–H and O–H groups in total. The molecule has 2 rings (SSSR count). The second-order valence-electron chi connectivity index (χ2n) is 5.70. The first-order valence-corrected chi connectivity index (χ1v) is 8.43. The molecular weight excluding hydrogens is 262 g/mol. The Bertz CT molecular complexity index is 315. The highest BCUT2D eigenvalue weighted by atomic mass is 32.1. The van der Waals surface area contributed by atoms with E-state index in [9.17, 15) is 0 Å². The fourth-order valence-corrected chi connectivity index (χ4v) is 2.61. The van der Waals surface area contributed by atoms with E-state index in [2.05, 4.69) is 38.4 Å². The lowest BCUT2D eigenvalue weighted by Crippen LogP contribution is -2.36. The summed E-state index contributed by atoms with van der Waals surface area (Å²) in [5.41, 5.74) is 0.668. The molecule has 0 aromatic heterocycles. The summed E-state index contributed by atoms with van der Waals surface area (Å²) in [6.07, 6.45) is 5.57. The molecule has 1 heterocycles. The largest absolute Gasteiger partial charge is 0.306 e. The Kier molecular flexibility index (Phi) is 11.0. The first-order valence-electron chi connectivity index (χ1n) is 7.98. The van der Waals surface area contributed by atoms with Crippen LogP contribution in [-0.4, -0.2) is 25.0 Å². The van der Waals surface area contributed by atoms with E-state index in [4.69, 9.17) is 0 Å². The maximum atomic E-state index is 4.08. The van der Waals surface area contributed by atoms with Crippen LogP contribution in [-0.2, 0) is 0 Å². The second kappa shape index (κ2) is 11.2. The Hall–Kier alpha value is -0.470. The summed E-state index contributed by atoms with van der Waals surface area (Å²) >= 11 is 4.08. The van der Waals surface area contributed by atoms with Crippen molar-refractivity contribution in [1.29, 1.82) is 0 Å². The smallest absolute Gasteiger partial charge is 0.00399 e. The van der Waals surface area contributed by atoms with Crippen molar-refractivity contribution in [1.82, 2.24) is 4.90 Å². The molecule has 1 saturated heterocycles. The molecule has 0 atom stereocenters. The van der Waals surface area contributed by atoms with Gasteiger partial charge in [-0.1, -0.05) is 52.3 Å². The summed E-state index contributed by atoms with van der Waals surface area (Å²) in [6.45, 7) is 11.3. The van der Waals surface area contributed by atoms with E-state index in [-0.39, 0.29) is 0 Å². The van der Waals surface area contributed by atoms with Gasteiger partial charge in [-0.05, 0) is 56.9 Å². The van der Waals surface area contributed by atoms with Gasteiger partial charge in [0.2, 0.25) is 0 Å². The molecule has 1 aromatic carbocycles. The minimum absolute atomic E-state index is 0.668. The molecule has 1 nitrogen and oxygen atoms in total. The Morgan fingerprint density at radius 3 is 1.95 bits per heavy atom. The van der Waals surface area contributed by atoms with Crippen molar-refractivity contribution in [2.75, 3.05) is 20.1 Å². The van der Waals surface area contributed by atoms with Gasteiger partial charge in [0.15, 0.2) is 0 Å². The number of piperidine rings is 1. The fraction of sp³-hybridized carbons (Fsp3) is 0.667. The van der Waals surface area contributed by atoms with Gasteiger partial charge in [-0.3, -0.25) is 0 Å². The predicted molar refractivity (Wildman–Crippen MR) is 94.8 cm³/mol. The fourth-order valence-electron chi connectivity index (χ4n) is 2.44. The molecule has 0 unspecified atom stereocenters. The van der Waals surface area contributed by atoms with Crippen molar-refractivity contribution in [2.45, 2.75) is 58.3 Å². The predicted octanol–water partition coefficient (Wildman–Crippen LogP) is 5.52. The number of rotatable bonds is 2. The topological polar surface area (TPSA) is 3.24 Å². The SMILES string of the molecule is CC.CCCC1(C)CCN(C)CC1.Sc1ccccc1. The zero-order valence-electron chi connectivity index (χ0n) is 14.0. The Morgan fingerprint density at radius 1 is 1.10 bits per heavy atom. The Morgan fingerprint density at radius 2 is 1.60 bits per heavy atom. The lowest BCUT2D eigenvalue weighted by molar-refractivity contribution is 0.129. The first-order chi connectivity index (χ1) is 9.56. The maximum Gasteiger partial charge on any atom is 0.00399 e. The summed E-state index contributed by atoms with van der Waals surface area (Å²) in [7, 11) is 2.23. The van der Waals surface area contributed by atoms with E-state index in [1.54, 1.807) is 0 Å². The summed E-state index contributed by atoms with van der Waals surface area (Å²) in [5, 5.41) is 0. The van der Waals surface area contributed by atoms with Crippen LogP contribution in [0.4, 0.5) is 0 Å². The van der Waals surface area contributed by atoms with E-state index >= 15 is 0 Å². The van der Waals surface area contributed by atoms with Crippen LogP contribution in [0.1, 0.15) is 53.4 Å². The molecule has 0 spiro atoms. The van der Waals surface area contributed by atoms with Gasteiger partial charge in [-0.15, -0.1) is 12.6 Å². The standard InChI is InChI=1S/C10H21N.C6H6S.C2H6/c1-4-5-10(2)6-8-11(3)9-7-10;7-6-4-2-1-3-5-6;1-2/h4-9H2,1-3H3;1-5,7H;1-2H3. The molecule has 0 amide bonds. The maximum absolute atomic E-state index is 4.08. The zero-order chi connectivity index (χ0) is 15.4. The van der Waals surface area contributed by atoms with Crippen LogP contribution in [0.2, 0.25) is 0 Å². The van der Waals surface area contributed by atoms with Crippen molar-refractivity contribution in [3.8, 4) is 0 Å². The highest BCUT2D eigenvalue weighted by Gasteiger charge is 2.27. The van der Waals surface area contributed by atoms with Gasteiger partial charge < -0.3 is 4.90 Å². The van der Waals surface area contributed by atoms with Gasteiger partial charge in [-0.25, -0.2) is 0 Å². The van der Waals surface area contributed by atoms with Crippen molar-refractivity contribution in [3.05, 3.63) is 30.3 Å². The van der Waals surface area contributed by atoms with Crippen LogP contribution in [0.25, 0.3) is 0 Å². The van der Waals surface area contributed by atoms with Gasteiger partial charge in [-0.2, -0.15) is 0 Å². The monoisotopic (exact) mass is 295 g/mol. The number of likely N-dealkylation sites (tertiary alicyclic amines) is 1. The molecule has 0 aliphatic carbocycles. The summed E-state index contributed by atoms with van der Waals surface area (Å²) in [6, 6.07) is 9.79. The third-order valence-electron chi connectivity index (χ3n) is 3.80. The van der Waals surface area contributed by atoms with Crippen molar-refractivity contribution < 1.29 is 0 Å². The molecule has 116 valence electrons. The van der Waals surface area contributed by atoms with Crippen molar-refractivity contribution in [2.24, 2.45) is 5.41 Å². The first kappa shape index (κ1) is 19.5. The average Bonchev–Trinajstić information content (AvgIpc) is 2.47. The van der Waals surface area contributed by atoms with Gasteiger partial charge in [0, 0.05) is 4.90 Å². The molecular formula is C18H33NS. The molecule has 0 bridgehead atoms. The lowest BCUT2D eigenvalue weighted by atomic mass is 9.77. The Balaban J connectivity index is 0.000000345. The summed E-state index contributed by atoms with van der Waals surface area (Å²) in [5.74, 6) is 0. The molecule has 0 radical (unpaired) electrons. The molecule has 1 aliphatic rings. The highest BCUT2D eigenvalue weighted by Crippen LogP contribution is 2.34. The van der Waals surface area contributed by atoms with E-state index in [0.717, 1.165) is 4.90 Å². The Labute approximate surface area is 132 Å². The molecule has 1 fully saturated rings. The average molecular weight is 296 g/mol. The van der Waals surface area contributed by atoms with E-state index in [1.165, 1.54) is 38.8 Å². The second-order valence-corrected chi connectivity index (χ2v) is 6.22. The van der Waals surface area contributed by atoms with E-state index < -0.39 is 0 Å². The summed E-state index contributed by atoms with van der Waals surface area (Å²) in [4.78, 5) is 3.46. The van der Waals surface area contributed by atoms with Crippen LogP contribution in [0.3, 0.4) is 0 Å². The number of benzene rings is 1. The lowest BCUT2D eigenvalue weighted by Gasteiger charge is -2.37. The number of nitrogens with zero attached hydrogens (tertiary/aromatic N) is 1. The minimum atomic E-state index is 0.668. The minimum Gasteiger partial charge on any atom is -0.306 e. The number of hydrogen-bond acceptors (Lipinski definition) is 2. The number of hydrogen-bond donors (Lipinski definition) is 1. The molecule has 20 heavy (non-hydrogen) atoms. The third-order valence-corrected chi connectivity index (χ3v) is 4.10. The van der Waals surface area contributed by atoms with Crippen LogP contribution >= 0.6 is 12.6 Å². The molecule has 2 heteroatoms. The quantitative estimate of drug-likeness (QED) is 0.703. The van der Waals surface area contributed by atoms with E-state index in [1.807, 2.05) is 44.2 Å². The van der Waals surface area contributed by atoms with Crippen LogP contribution < -0.4 is 0 Å². The molecule has 0 saturated carbocycles. The van der Waals surface area contributed by atoms with Gasteiger partial charge in [0.1, 0.15) is 0 Å². The van der Waals surface area contributed by atoms with Crippen molar-refractivity contribution in [3.63, 3.8) is 0 Å². The normalized spacial score (nSPS) is 17.3. The van der Waals surface area contributed by atoms with Crippen LogP contribution in [0.5, 0.6) is 0 Å². The molecule has 1 aromatic rings. The zero-order valence-corrected chi connectivity index (χ0v) is 14.9. The number of thiol groups is 1. The third kappa shape index (κ3) is 8.65. The van der Waals surface area contributed by atoms with Gasteiger partial charge in [0.05, 0.1) is 0 Å². The summed E-state index contributed by atoms with van der Waals surface area (Å²) < 4.78 is 0. The highest BCUT2D eigenvalue weighted by molar-refractivity contribution is 7.80. The van der Waals surface area contributed by atoms with E-state index in [0.29, 0.717) is 5.41 Å². The van der Waals surface area contributed by atoms with Crippen molar-refractivity contribution >= 4 is 12.6 Å². The van der Waals surface area contributed by atoms with Gasteiger partial charge >= 0.3 is 0 Å². The van der Waals surface area contributed by atoms with Crippen LogP contribution in [0, 0.1) is 5.41 Å². The van der Waals surface area contributed by atoms with Gasteiger partial charge in [0.25, 0.3) is 0 Å². The van der Waals surface area contributed by atoms with Crippen LogP contribution in [0.15, 0.2) is 35.2 Å². The molecule has 1 aliphatic heterocycles.